The maximum Gasteiger partial charge on any atom is 0.123 e. The van der Waals surface area contributed by atoms with Crippen molar-refractivity contribution in [2.45, 2.75) is 23.0 Å². The fourth-order valence-electron chi connectivity index (χ4n) is 1.92. The largest absolute Gasteiger partial charge is 0.497 e. The molecule has 0 amide bonds. The van der Waals surface area contributed by atoms with Crippen molar-refractivity contribution in [1.82, 2.24) is 0 Å². The maximum atomic E-state index is 7.62. The molecule has 2 rings (SSSR count). The molecule has 1 saturated heterocycles. The van der Waals surface area contributed by atoms with E-state index < -0.39 is 0 Å². The number of thioether (sulfide) groups is 1. The summed E-state index contributed by atoms with van der Waals surface area (Å²) in [6, 6.07) is 5.64. The van der Waals surface area contributed by atoms with Gasteiger partial charge in [-0.3, -0.25) is 5.41 Å². The number of methoxy groups -OCH3 is 1. The fraction of sp³-hybridized carbons (Fsp3) is 0.462. The lowest BCUT2D eigenvalue weighted by molar-refractivity contribution is 0.100. The topological polar surface area (TPSA) is 68.3 Å². The molecular weight excluding hydrogens is 248 g/mol. The Labute approximate surface area is 111 Å². The van der Waals surface area contributed by atoms with Gasteiger partial charge < -0.3 is 15.2 Å². The smallest absolute Gasteiger partial charge is 0.123 e. The summed E-state index contributed by atoms with van der Waals surface area (Å²) in [5, 5.41) is 8.15. The van der Waals surface area contributed by atoms with Gasteiger partial charge in [-0.1, -0.05) is 0 Å². The molecule has 1 fully saturated rings. The van der Waals surface area contributed by atoms with E-state index in [4.69, 9.17) is 20.6 Å². The van der Waals surface area contributed by atoms with Crippen molar-refractivity contribution in [3.8, 4) is 5.75 Å². The zero-order valence-electron chi connectivity index (χ0n) is 10.4. The number of nitrogen functional groups attached to an aromatic ring is 1. The van der Waals surface area contributed by atoms with Gasteiger partial charge in [0.25, 0.3) is 0 Å². The van der Waals surface area contributed by atoms with E-state index in [2.05, 4.69) is 0 Å². The molecule has 1 aliphatic heterocycles. The van der Waals surface area contributed by atoms with Crippen LogP contribution < -0.4 is 10.5 Å². The number of benzene rings is 1. The van der Waals surface area contributed by atoms with Crippen molar-refractivity contribution < 1.29 is 9.47 Å². The first kappa shape index (κ1) is 13.2. The van der Waals surface area contributed by atoms with Crippen LogP contribution in [0.2, 0.25) is 0 Å². The lowest BCUT2D eigenvalue weighted by atomic mass is 10.2. The molecule has 0 unspecified atom stereocenters. The number of rotatable bonds is 4. The highest BCUT2D eigenvalue weighted by atomic mass is 32.2. The van der Waals surface area contributed by atoms with Crippen molar-refractivity contribution in [2.75, 3.05) is 20.3 Å². The molecule has 1 aromatic carbocycles. The molecule has 4 nitrogen and oxygen atoms in total. The third-order valence-electron chi connectivity index (χ3n) is 2.94. The Hall–Kier alpha value is -1.20. The number of ether oxygens (including phenoxy) is 2. The number of hydrogen-bond donors (Lipinski definition) is 2. The van der Waals surface area contributed by atoms with Crippen LogP contribution >= 0.6 is 11.8 Å². The summed E-state index contributed by atoms with van der Waals surface area (Å²) in [4.78, 5) is 1.02. The third-order valence-corrected chi connectivity index (χ3v) is 4.34. The Morgan fingerprint density at radius 3 is 2.78 bits per heavy atom. The quantitative estimate of drug-likeness (QED) is 0.648. The lowest BCUT2D eigenvalue weighted by Gasteiger charge is -2.22. The summed E-state index contributed by atoms with van der Waals surface area (Å²) in [5.74, 6) is 0.904. The predicted octanol–water partition coefficient (Wildman–Crippen LogP) is 2.25. The minimum absolute atomic E-state index is 0.104. The van der Waals surface area contributed by atoms with Gasteiger partial charge in [-0.05, 0) is 31.0 Å². The standard InChI is InChI=1S/C13H18N2O2S/c1-16-9-2-3-11(13(14)15)12(8-9)18-10-4-6-17-7-5-10/h2-3,8,10H,4-7H2,1H3,(H3,14,15). The average molecular weight is 266 g/mol. The molecule has 0 atom stereocenters. The molecule has 18 heavy (non-hydrogen) atoms. The summed E-state index contributed by atoms with van der Waals surface area (Å²) in [6.07, 6.45) is 2.08. The second kappa shape index (κ2) is 6.11. The van der Waals surface area contributed by atoms with Crippen LogP contribution in [0.5, 0.6) is 5.75 Å². The monoisotopic (exact) mass is 266 g/mol. The first-order valence-corrected chi connectivity index (χ1v) is 6.85. The van der Waals surface area contributed by atoms with E-state index in [1.54, 1.807) is 18.9 Å². The van der Waals surface area contributed by atoms with Crippen molar-refractivity contribution in [1.29, 1.82) is 5.41 Å². The Morgan fingerprint density at radius 2 is 2.17 bits per heavy atom. The molecule has 3 N–H and O–H groups in total. The van der Waals surface area contributed by atoms with Crippen LogP contribution in [0, 0.1) is 5.41 Å². The molecule has 1 aliphatic rings. The van der Waals surface area contributed by atoms with Crippen molar-refractivity contribution in [3.63, 3.8) is 0 Å². The van der Waals surface area contributed by atoms with Crippen LogP contribution in [0.4, 0.5) is 0 Å². The molecule has 1 heterocycles. The van der Waals surface area contributed by atoms with E-state index in [1.165, 1.54) is 0 Å². The number of hydrogen-bond acceptors (Lipinski definition) is 4. The van der Waals surface area contributed by atoms with E-state index in [0.717, 1.165) is 42.3 Å². The number of amidine groups is 1. The highest BCUT2D eigenvalue weighted by molar-refractivity contribution is 8.00. The molecule has 0 spiro atoms. The minimum Gasteiger partial charge on any atom is -0.497 e. The molecule has 1 aromatic rings. The summed E-state index contributed by atoms with van der Waals surface area (Å²) in [6.45, 7) is 1.63. The molecule has 98 valence electrons. The second-order valence-corrected chi connectivity index (χ2v) is 5.55. The fourth-order valence-corrected chi connectivity index (χ4v) is 3.20. The Balaban J connectivity index is 2.19. The average Bonchev–Trinajstić information content (AvgIpc) is 2.39. The molecular formula is C13H18N2O2S. The van der Waals surface area contributed by atoms with Crippen LogP contribution in [-0.2, 0) is 4.74 Å². The highest BCUT2D eigenvalue weighted by Gasteiger charge is 2.17. The van der Waals surface area contributed by atoms with E-state index >= 15 is 0 Å². The van der Waals surface area contributed by atoms with Gasteiger partial charge in [0.05, 0.1) is 7.11 Å². The van der Waals surface area contributed by atoms with E-state index in [0.29, 0.717) is 5.25 Å². The van der Waals surface area contributed by atoms with Crippen molar-refractivity contribution in [3.05, 3.63) is 23.8 Å². The molecule has 0 bridgehead atoms. The minimum atomic E-state index is 0.104. The van der Waals surface area contributed by atoms with E-state index in [1.807, 2.05) is 18.2 Å². The Bertz CT molecular complexity index is 431. The summed E-state index contributed by atoms with van der Waals surface area (Å²) >= 11 is 1.77. The number of nitrogens with one attached hydrogen (secondary N) is 1. The maximum absolute atomic E-state index is 7.62. The Kier molecular flexibility index (Phi) is 4.49. The van der Waals surface area contributed by atoms with Gasteiger partial charge in [-0.25, -0.2) is 0 Å². The van der Waals surface area contributed by atoms with Gasteiger partial charge >= 0.3 is 0 Å². The van der Waals surface area contributed by atoms with Gasteiger partial charge in [0.15, 0.2) is 0 Å². The molecule has 5 heteroatoms. The van der Waals surface area contributed by atoms with Gasteiger partial charge in [0.1, 0.15) is 11.6 Å². The lowest BCUT2D eigenvalue weighted by Crippen LogP contribution is -2.18. The van der Waals surface area contributed by atoms with E-state index in [9.17, 15) is 0 Å². The van der Waals surface area contributed by atoms with Crippen LogP contribution in [-0.4, -0.2) is 31.4 Å². The Morgan fingerprint density at radius 1 is 1.44 bits per heavy atom. The predicted molar refractivity (Wildman–Crippen MR) is 73.7 cm³/mol. The van der Waals surface area contributed by atoms with Gasteiger partial charge in [0, 0.05) is 28.9 Å². The van der Waals surface area contributed by atoms with Crippen molar-refractivity contribution in [2.24, 2.45) is 5.73 Å². The second-order valence-electron chi connectivity index (χ2n) is 4.21. The molecule has 0 aromatic heterocycles. The summed E-state index contributed by atoms with van der Waals surface area (Å²) in [5.41, 5.74) is 6.40. The summed E-state index contributed by atoms with van der Waals surface area (Å²) < 4.78 is 10.6. The van der Waals surface area contributed by atoms with Gasteiger partial charge in [-0.2, -0.15) is 0 Å². The normalized spacial score (nSPS) is 16.5. The molecule has 0 aliphatic carbocycles. The zero-order chi connectivity index (χ0) is 13.0. The van der Waals surface area contributed by atoms with Gasteiger partial charge in [0.2, 0.25) is 0 Å². The summed E-state index contributed by atoms with van der Waals surface area (Å²) in [7, 11) is 1.64. The molecule has 0 saturated carbocycles. The van der Waals surface area contributed by atoms with Crippen LogP contribution in [0.3, 0.4) is 0 Å². The first-order valence-electron chi connectivity index (χ1n) is 5.97. The first-order chi connectivity index (χ1) is 8.70. The van der Waals surface area contributed by atoms with E-state index in [-0.39, 0.29) is 5.84 Å². The zero-order valence-corrected chi connectivity index (χ0v) is 11.3. The SMILES string of the molecule is COc1ccc(C(=N)N)c(SC2CCOCC2)c1. The van der Waals surface area contributed by atoms with Crippen molar-refractivity contribution >= 4 is 17.6 Å². The molecule has 0 radical (unpaired) electrons. The van der Waals surface area contributed by atoms with Crippen LogP contribution in [0.1, 0.15) is 18.4 Å². The third kappa shape index (κ3) is 3.17. The number of nitrogens with two attached hydrogens (primary N) is 1. The van der Waals surface area contributed by atoms with Crippen LogP contribution in [0.25, 0.3) is 0 Å². The highest BCUT2D eigenvalue weighted by Crippen LogP contribution is 2.34. The van der Waals surface area contributed by atoms with Gasteiger partial charge in [-0.15, -0.1) is 11.8 Å². The van der Waals surface area contributed by atoms with Crippen LogP contribution in [0.15, 0.2) is 23.1 Å².